The summed E-state index contributed by atoms with van der Waals surface area (Å²) in [7, 11) is 0. The SMILES string of the molecule is CC(C)CNCc1ccc(OCCCC(F)(F)F)c(Cl)c1. The van der Waals surface area contributed by atoms with E-state index in [2.05, 4.69) is 19.2 Å². The number of hydrogen-bond donors (Lipinski definition) is 1. The maximum atomic E-state index is 12.0. The van der Waals surface area contributed by atoms with Gasteiger partial charge in [-0.15, -0.1) is 0 Å². The molecule has 0 aliphatic rings. The fourth-order valence-electron chi connectivity index (χ4n) is 1.73. The average Bonchev–Trinajstić information content (AvgIpc) is 2.35. The first-order chi connectivity index (χ1) is 9.78. The Morgan fingerprint density at radius 2 is 2.00 bits per heavy atom. The van der Waals surface area contributed by atoms with Gasteiger partial charge in [0.2, 0.25) is 0 Å². The number of alkyl halides is 3. The maximum Gasteiger partial charge on any atom is 0.389 e. The molecule has 0 radical (unpaired) electrons. The highest BCUT2D eigenvalue weighted by Gasteiger charge is 2.26. The molecule has 0 unspecified atom stereocenters. The molecule has 0 saturated heterocycles. The molecule has 0 aliphatic carbocycles. The molecule has 0 spiro atoms. The molecule has 21 heavy (non-hydrogen) atoms. The summed E-state index contributed by atoms with van der Waals surface area (Å²) in [5, 5.41) is 3.71. The van der Waals surface area contributed by atoms with Crippen LogP contribution in [0, 0.1) is 5.92 Å². The van der Waals surface area contributed by atoms with Gasteiger partial charge in [-0.05, 0) is 36.6 Å². The van der Waals surface area contributed by atoms with E-state index in [1.807, 2.05) is 6.07 Å². The Labute approximate surface area is 128 Å². The largest absolute Gasteiger partial charge is 0.492 e. The fourth-order valence-corrected chi connectivity index (χ4v) is 1.99. The van der Waals surface area contributed by atoms with Crippen LogP contribution in [0.4, 0.5) is 13.2 Å². The standard InChI is InChI=1S/C15H21ClF3NO/c1-11(2)9-20-10-12-4-5-14(13(16)8-12)21-7-3-6-15(17,18)19/h4-5,8,11,20H,3,6-7,9-10H2,1-2H3. The van der Waals surface area contributed by atoms with Gasteiger partial charge in [0.15, 0.2) is 0 Å². The van der Waals surface area contributed by atoms with E-state index in [0.717, 1.165) is 12.1 Å². The third-order valence-corrected chi connectivity index (χ3v) is 3.04. The van der Waals surface area contributed by atoms with Crippen molar-refractivity contribution in [2.24, 2.45) is 5.92 Å². The lowest BCUT2D eigenvalue weighted by molar-refractivity contribution is -0.136. The fraction of sp³-hybridized carbons (Fsp3) is 0.600. The van der Waals surface area contributed by atoms with E-state index in [9.17, 15) is 13.2 Å². The molecule has 0 heterocycles. The molecule has 0 bridgehead atoms. The van der Waals surface area contributed by atoms with Crippen LogP contribution >= 0.6 is 11.6 Å². The van der Waals surface area contributed by atoms with Crippen LogP contribution in [0.3, 0.4) is 0 Å². The molecule has 2 nitrogen and oxygen atoms in total. The first-order valence-electron chi connectivity index (χ1n) is 6.96. The van der Waals surface area contributed by atoms with Crippen molar-refractivity contribution in [3.8, 4) is 5.75 Å². The van der Waals surface area contributed by atoms with Crippen molar-refractivity contribution in [3.63, 3.8) is 0 Å². The normalized spacial score (nSPS) is 12.0. The van der Waals surface area contributed by atoms with Crippen molar-refractivity contribution in [3.05, 3.63) is 28.8 Å². The number of halogens is 4. The number of ether oxygens (including phenoxy) is 1. The Morgan fingerprint density at radius 1 is 1.29 bits per heavy atom. The minimum Gasteiger partial charge on any atom is -0.492 e. The van der Waals surface area contributed by atoms with Gasteiger partial charge in [-0.2, -0.15) is 13.2 Å². The molecular weight excluding hydrogens is 303 g/mol. The summed E-state index contributed by atoms with van der Waals surface area (Å²) in [4.78, 5) is 0. The number of hydrogen-bond acceptors (Lipinski definition) is 2. The van der Waals surface area contributed by atoms with Gasteiger partial charge in [0.05, 0.1) is 11.6 Å². The van der Waals surface area contributed by atoms with Gasteiger partial charge in [0.25, 0.3) is 0 Å². The number of benzene rings is 1. The van der Waals surface area contributed by atoms with E-state index in [0.29, 0.717) is 23.2 Å². The third-order valence-electron chi connectivity index (χ3n) is 2.74. The third kappa shape index (κ3) is 8.17. The monoisotopic (exact) mass is 323 g/mol. The van der Waals surface area contributed by atoms with Crippen LogP contribution in [0.25, 0.3) is 0 Å². The Kier molecular flexibility index (Phi) is 7.32. The molecule has 0 saturated carbocycles. The van der Waals surface area contributed by atoms with Crippen molar-refractivity contribution in [2.75, 3.05) is 13.2 Å². The number of nitrogens with one attached hydrogen (secondary N) is 1. The second kappa shape index (κ2) is 8.49. The van der Waals surface area contributed by atoms with Gasteiger partial charge >= 0.3 is 6.18 Å². The molecule has 1 aromatic carbocycles. The zero-order valence-corrected chi connectivity index (χ0v) is 13.0. The van der Waals surface area contributed by atoms with Crippen molar-refractivity contribution < 1.29 is 17.9 Å². The second-order valence-corrected chi connectivity index (χ2v) is 5.76. The Hall–Kier alpha value is -0.940. The van der Waals surface area contributed by atoms with Gasteiger partial charge in [-0.25, -0.2) is 0 Å². The van der Waals surface area contributed by atoms with Gasteiger partial charge in [0, 0.05) is 13.0 Å². The summed E-state index contributed by atoms with van der Waals surface area (Å²) >= 11 is 6.06. The van der Waals surface area contributed by atoms with Crippen LogP contribution in [0.5, 0.6) is 5.75 Å². The minimum absolute atomic E-state index is 0.00414. The predicted molar refractivity (Wildman–Crippen MR) is 78.8 cm³/mol. The summed E-state index contributed by atoms with van der Waals surface area (Å²) in [5.41, 5.74) is 1.02. The predicted octanol–water partition coefficient (Wildman–Crippen LogP) is 4.81. The lowest BCUT2D eigenvalue weighted by Crippen LogP contribution is -2.18. The minimum atomic E-state index is -4.14. The summed E-state index contributed by atoms with van der Waals surface area (Å²) in [6.45, 7) is 5.86. The van der Waals surface area contributed by atoms with Gasteiger partial charge in [-0.1, -0.05) is 31.5 Å². The van der Waals surface area contributed by atoms with Crippen molar-refractivity contribution in [1.29, 1.82) is 0 Å². The summed E-state index contributed by atoms with van der Waals surface area (Å²) in [6, 6.07) is 5.33. The van der Waals surface area contributed by atoms with E-state index in [1.54, 1.807) is 12.1 Å². The van der Waals surface area contributed by atoms with E-state index in [1.165, 1.54) is 0 Å². The van der Waals surface area contributed by atoms with E-state index >= 15 is 0 Å². The second-order valence-electron chi connectivity index (χ2n) is 5.36. The molecule has 0 fully saturated rings. The zero-order chi connectivity index (χ0) is 15.9. The molecule has 1 aromatic rings. The van der Waals surface area contributed by atoms with Gasteiger partial charge in [0.1, 0.15) is 5.75 Å². The highest BCUT2D eigenvalue weighted by molar-refractivity contribution is 6.32. The molecule has 0 aromatic heterocycles. The Morgan fingerprint density at radius 3 is 2.57 bits per heavy atom. The van der Waals surface area contributed by atoms with E-state index in [-0.39, 0.29) is 13.0 Å². The van der Waals surface area contributed by atoms with E-state index < -0.39 is 12.6 Å². The zero-order valence-electron chi connectivity index (χ0n) is 12.3. The highest BCUT2D eigenvalue weighted by atomic mass is 35.5. The Balaban J connectivity index is 2.39. The lowest BCUT2D eigenvalue weighted by Gasteiger charge is -2.11. The van der Waals surface area contributed by atoms with Crippen molar-refractivity contribution in [2.45, 2.75) is 39.4 Å². The van der Waals surface area contributed by atoms with Gasteiger partial charge in [-0.3, -0.25) is 0 Å². The molecule has 1 rings (SSSR count). The molecule has 1 N–H and O–H groups in total. The van der Waals surface area contributed by atoms with Gasteiger partial charge < -0.3 is 10.1 Å². The molecule has 0 atom stereocenters. The topological polar surface area (TPSA) is 21.3 Å². The van der Waals surface area contributed by atoms with Crippen molar-refractivity contribution >= 4 is 11.6 Å². The summed E-state index contributed by atoms with van der Waals surface area (Å²) in [6.07, 6.45) is -5.06. The van der Waals surface area contributed by atoms with Crippen LogP contribution in [0.15, 0.2) is 18.2 Å². The molecule has 6 heteroatoms. The average molecular weight is 324 g/mol. The van der Waals surface area contributed by atoms with Crippen LogP contribution in [-0.4, -0.2) is 19.3 Å². The molecular formula is C15H21ClF3NO. The van der Waals surface area contributed by atoms with Crippen LogP contribution in [-0.2, 0) is 6.54 Å². The summed E-state index contributed by atoms with van der Waals surface area (Å²) < 4.78 is 41.3. The summed E-state index contributed by atoms with van der Waals surface area (Å²) in [5.74, 6) is 0.989. The van der Waals surface area contributed by atoms with Crippen molar-refractivity contribution in [1.82, 2.24) is 5.32 Å². The lowest BCUT2D eigenvalue weighted by atomic mass is 10.2. The number of rotatable bonds is 8. The molecule has 120 valence electrons. The van der Waals surface area contributed by atoms with Crippen LogP contribution in [0.2, 0.25) is 5.02 Å². The van der Waals surface area contributed by atoms with Crippen LogP contribution < -0.4 is 10.1 Å². The quantitative estimate of drug-likeness (QED) is 0.693. The first-order valence-corrected chi connectivity index (χ1v) is 7.34. The maximum absolute atomic E-state index is 12.0. The molecule has 0 amide bonds. The first kappa shape index (κ1) is 18.1. The smallest absolute Gasteiger partial charge is 0.389 e. The molecule has 0 aliphatic heterocycles. The Bertz CT molecular complexity index is 435. The van der Waals surface area contributed by atoms with E-state index in [4.69, 9.17) is 16.3 Å². The highest BCUT2D eigenvalue weighted by Crippen LogP contribution is 2.26. The van der Waals surface area contributed by atoms with Crippen LogP contribution in [0.1, 0.15) is 32.3 Å².